The van der Waals surface area contributed by atoms with E-state index >= 15 is 0 Å². The molecule has 3 aromatic carbocycles. The minimum absolute atomic E-state index is 0.0713. The van der Waals surface area contributed by atoms with Crippen LogP contribution in [0.2, 0.25) is 0 Å². The highest BCUT2D eigenvalue weighted by Gasteiger charge is 2.21. The van der Waals surface area contributed by atoms with Gasteiger partial charge >= 0.3 is 11.2 Å². The van der Waals surface area contributed by atoms with Crippen molar-refractivity contribution in [2.45, 2.75) is 6.92 Å². The number of benzene rings is 3. The standard InChI is InChI=1S/C28H23N5O7/c1-17-5-4-6-19(15-17)29-26(35)21-7-2-3-8-22(21)30-24(34)16-40-20-12-9-18(10-13-20)11-14-23-31-27(36)25(33(38)39)28(37)32-23/h2-15H,16H2,1H3,(H,29,35)(H,30,34)(H2,31,32,36,37)/b14-11+. The summed E-state index contributed by atoms with van der Waals surface area (Å²) in [4.78, 5) is 52.6. The number of hydrogen-bond donors (Lipinski definition) is 4. The van der Waals surface area contributed by atoms with Gasteiger partial charge in [-0.05, 0) is 60.5 Å². The van der Waals surface area contributed by atoms with Gasteiger partial charge in [0, 0.05) is 5.69 Å². The third kappa shape index (κ3) is 6.95. The van der Waals surface area contributed by atoms with Gasteiger partial charge in [-0.1, -0.05) is 42.5 Å². The summed E-state index contributed by atoms with van der Waals surface area (Å²) in [6, 6.07) is 20.6. The molecule has 0 saturated heterocycles. The molecule has 0 aliphatic heterocycles. The van der Waals surface area contributed by atoms with Gasteiger partial charge < -0.3 is 25.5 Å². The van der Waals surface area contributed by atoms with Crippen molar-refractivity contribution in [1.82, 2.24) is 9.97 Å². The second-order valence-electron chi connectivity index (χ2n) is 8.49. The van der Waals surface area contributed by atoms with Crippen LogP contribution < -0.4 is 20.9 Å². The Morgan fingerprint density at radius 1 is 1.05 bits per heavy atom. The van der Waals surface area contributed by atoms with Crippen LogP contribution in [0.5, 0.6) is 11.6 Å². The first-order valence-electron chi connectivity index (χ1n) is 11.8. The number of aryl methyl sites for hydroxylation is 1. The molecule has 12 nitrogen and oxygen atoms in total. The maximum absolute atomic E-state index is 12.8. The number of para-hydroxylation sites is 1. The lowest BCUT2D eigenvalue weighted by molar-refractivity contribution is -0.387. The third-order valence-electron chi connectivity index (χ3n) is 5.48. The molecule has 0 fully saturated rings. The van der Waals surface area contributed by atoms with Crippen LogP contribution in [0.15, 0.2) is 77.6 Å². The Hall–Kier alpha value is -5.78. The molecule has 0 saturated carbocycles. The summed E-state index contributed by atoms with van der Waals surface area (Å²) in [5.74, 6) is -1.48. The molecule has 4 aromatic rings. The van der Waals surface area contributed by atoms with E-state index in [9.17, 15) is 29.6 Å². The maximum Gasteiger partial charge on any atom is 0.395 e. The predicted molar refractivity (Wildman–Crippen MR) is 148 cm³/mol. The van der Waals surface area contributed by atoms with Gasteiger partial charge in [-0.2, -0.15) is 4.98 Å². The number of anilines is 2. The molecule has 202 valence electrons. The van der Waals surface area contributed by atoms with E-state index in [-0.39, 0.29) is 18.3 Å². The fourth-order valence-corrected chi connectivity index (χ4v) is 3.61. The Morgan fingerprint density at radius 3 is 2.50 bits per heavy atom. The average Bonchev–Trinajstić information content (AvgIpc) is 2.91. The summed E-state index contributed by atoms with van der Waals surface area (Å²) >= 11 is 0. The normalized spacial score (nSPS) is 10.7. The fourth-order valence-electron chi connectivity index (χ4n) is 3.61. The Morgan fingerprint density at radius 2 is 1.80 bits per heavy atom. The van der Waals surface area contributed by atoms with E-state index in [0.717, 1.165) is 5.56 Å². The highest BCUT2D eigenvalue weighted by Crippen LogP contribution is 2.20. The maximum atomic E-state index is 12.8. The number of hydrogen-bond acceptors (Lipinski definition) is 8. The topological polar surface area (TPSA) is 177 Å². The first-order chi connectivity index (χ1) is 19.2. The van der Waals surface area contributed by atoms with E-state index in [1.807, 2.05) is 25.1 Å². The van der Waals surface area contributed by atoms with Crippen LogP contribution in [0.3, 0.4) is 0 Å². The predicted octanol–water partition coefficient (Wildman–Crippen LogP) is 4.13. The van der Waals surface area contributed by atoms with E-state index in [0.29, 0.717) is 28.3 Å². The SMILES string of the molecule is Cc1cccc(NC(=O)c2ccccc2NC(=O)COc2ccc(/C=C/c3nc(O)c([N+](=O)[O-])c(=O)[nH]3)cc2)c1. The minimum atomic E-state index is -1.08. The largest absolute Gasteiger partial charge is 0.488 e. The van der Waals surface area contributed by atoms with E-state index in [1.165, 1.54) is 6.08 Å². The quantitative estimate of drug-likeness (QED) is 0.180. The number of aromatic nitrogens is 2. The number of amides is 2. The summed E-state index contributed by atoms with van der Waals surface area (Å²) in [6.45, 7) is 1.61. The number of ether oxygens (including phenoxy) is 1. The molecule has 0 radical (unpaired) electrons. The van der Waals surface area contributed by atoms with Gasteiger partial charge in [0.1, 0.15) is 11.6 Å². The zero-order valence-electron chi connectivity index (χ0n) is 21.1. The molecule has 0 aliphatic carbocycles. The number of aromatic hydroxyl groups is 1. The van der Waals surface area contributed by atoms with Crippen molar-refractivity contribution < 1.29 is 24.4 Å². The fraction of sp³-hybridized carbons (Fsp3) is 0.0714. The molecule has 0 atom stereocenters. The lowest BCUT2D eigenvalue weighted by atomic mass is 10.1. The van der Waals surface area contributed by atoms with Crippen LogP contribution in [0.1, 0.15) is 27.3 Å². The molecule has 40 heavy (non-hydrogen) atoms. The van der Waals surface area contributed by atoms with Crippen molar-refractivity contribution >= 4 is 41.0 Å². The molecule has 0 bridgehead atoms. The monoisotopic (exact) mass is 541 g/mol. The van der Waals surface area contributed by atoms with E-state index < -0.39 is 28.0 Å². The van der Waals surface area contributed by atoms with Crippen LogP contribution in [0.25, 0.3) is 12.2 Å². The molecular formula is C28H23N5O7. The van der Waals surface area contributed by atoms with Crippen LogP contribution in [0.4, 0.5) is 17.1 Å². The second kappa shape index (κ2) is 12.2. The zero-order chi connectivity index (χ0) is 28.6. The smallest absolute Gasteiger partial charge is 0.395 e. The molecule has 1 aromatic heterocycles. The number of nitrogens with one attached hydrogen (secondary N) is 3. The lowest BCUT2D eigenvalue weighted by Gasteiger charge is -2.12. The van der Waals surface area contributed by atoms with Crippen LogP contribution in [-0.4, -0.2) is 38.4 Å². The second-order valence-corrected chi connectivity index (χ2v) is 8.49. The first-order valence-corrected chi connectivity index (χ1v) is 11.8. The summed E-state index contributed by atoms with van der Waals surface area (Å²) in [6.07, 6.45) is 2.92. The summed E-state index contributed by atoms with van der Waals surface area (Å²) in [7, 11) is 0. The van der Waals surface area contributed by atoms with Crippen LogP contribution in [0, 0.1) is 17.0 Å². The minimum Gasteiger partial charge on any atom is -0.488 e. The van der Waals surface area contributed by atoms with Gasteiger partial charge in [0.05, 0.1) is 16.2 Å². The van der Waals surface area contributed by atoms with Gasteiger partial charge in [0.15, 0.2) is 6.61 Å². The Balaban J connectivity index is 1.34. The van der Waals surface area contributed by atoms with Gasteiger partial charge in [-0.15, -0.1) is 0 Å². The van der Waals surface area contributed by atoms with Gasteiger partial charge in [-0.25, -0.2) is 0 Å². The molecule has 0 aliphatic rings. The number of carbonyl (C=O) groups excluding carboxylic acids is 2. The number of H-pyrrole nitrogens is 1. The van der Waals surface area contributed by atoms with E-state index in [2.05, 4.69) is 20.6 Å². The Labute approximate surface area is 227 Å². The number of rotatable bonds is 9. The third-order valence-corrected chi connectivity index (χ3v) is 5.48. The number of aromatic amines is 1. The van der Waals surface area contributed by atoms with Gasteiger partial charge in [0.25, 0.3) is 17.7 Å². The number of nitro groups is 1. The van der Waals surface area contributed by atoms with Crippen molar-refractivity contribution in [3.63, 3.8) is 0 Å². The molecule has 0 spiro atoms. The Kier molecular flexibility index (Phi) is 8.30. The van der Waals surface area contributed by atoms with Gasteiger partial charge in [-0.3, -0.25) is 24.5 Å². The van der Waals surface area contributed by atoms with E-state index in [1.54, 1.807) is 60.7 Å². The molecule has 1 heterocycles. The van der Waals surface area contributed by atoms with E-state index in [4.69, 9.17) is 4.74 Å². The number of carbonyl (C=O) groups is 2. The Bertz CT molecular complexity index is 1660. The van der Waals surface area contributed by atoms with Gasteiger partial charge in [0.2, 0.25) is 0 Å². The molecule has 4 N–H and O–H groups in total. The molecule has 2 amide bonds. The van der Waals surface area contributed by atoms with Crippen molar-refractivity contribution in [1.29, 1.82) is 0 Å². The van der Waals surface area contributed by atoms with Crippen molar-refractivity contribution in [2.75, 3.05) is 17.2 Å². The first kappa shape index (κ1) is 27.3. The van der Waals surface area contributed by atoms with Crippen molar-refractivity contribution in [2.24, 2.45) is 0 Å². The van der Waals surface area contributed by atoms with Crippen LogP contribution >= 0.6 is 0 Å². The average molecular weight is 542 g/mol. The summed E-state index contributed by atoms with van der Waals surface area (Å²) < 4.78 is 5.54. The highest BCUT2D eigenvalue weighted by molar-refractivity contribution is 6.10. The summed E-state index contributed by atoms with van der Waals surface area (Å²) in [5, 5.41) is 25.9. The molecule has 0 unspecified atom stereocenters. The zero-order valence-corrected chi connectivity index (χ0v) is 21.1. The van der Waals surface area contributed by atoms with Crippen LogP contribution in [-0.2, 0) is 4.79 Å². The molecule has 4 rings (SSSR count). The number of nitrogens with zero attached hydrogens (tertiary/aromatic N) is 2. The lowest BCUT2D eigenvalue weighted by Crippen LogP contribution is -2.22. The van der Waals surface area contributed by atoms with Crippen molar-refractivity contribution in [3.8, 4) is 11.6 Å². The van der Waals surface area contributed by atoms with Crippen molar-refractivity contribution in [3.05, 3.63) is 116 Å². The molecule has 12 heteroatoms. The molecular weight excluding hydrogens is 518 g/mol. The summed E-state index contributed by atoms with van der Waals surface area (Å²) in [5.41, 5.74) is 0.828. The highest BCUT2D eigenvalue weighted by atomic mass is 16.6.